The van der Waals surface area contributed by atoms with Gasteiger partial charge in [0.2, 0.25) is 0 Å². The lowest BCUT2D eigenvalue weighted by Crippen LogP contribution is -2.44. The van der Waals surface area contributed by atoms with Crippen LogP contribution in [-0.4, -0.2) is 14.4 Å². The molecular weight excluding hydrogens is 515 g/mol. The smallest absolute Gasteiger partial charge is 0.349 e. The van der Waals surface area contributed by atoms with Gasteiger partial charge < -0.3 is 5.11 Å². The standard InChI is InChI=1S/C24H15Cl3N4O2S/c1-13-4-3-7-30-21(13)31(12-17-11-29-24(27)34-17)23(33)19(22(30)32)14-5-2-6-15(8-14)20-18(26)9-16(25)10-28-20/h2-11H,12H2,1H3. The van der Waals surface area contributed by atoms with Crippen LogP contribution in [0.1, 0.15) is 10.4 Å². The zero-order chi connectivity index (χ0) is 24.0. The molecule has 1 aromatic carbocycles. The number of aromatic nitrogens is 4. The Kier molecular flexibility index (Phi) is 6.04. The zero-order valence-corrected chi connectivity index (χ0v) is 20.7. The molecule has 4 aromatic heterocycles. The summed E-state index contributed by atoms with van der Waals surface area (Å²) in [4.78, 5) is 22.7. The van der Waals surface area contributed by atoms with Crippen LogP contribution in [0.5, 0.6) is 5.88 Å². The van der Waals surface area contributed by atoms with Crippen molar-refractivity contribution in [3.8, 4) is 28.3 Å². The van der Waals surface area contributed by atoms with E-state index in [4.69, 9.17) is 34.8 Å². The Morgan fingerprint density at radius 3 is 2.59 bits per heavy atom. The fourth-order valence-corrected chi connectivity index (χ4v) is 5.37. The SMILES string of the molecule is Cc1cccn2c(=O)c(-c3cccc(-c4ncc(Cl)cc4Cl)c3)c([O-])[n+](Cc3cnc(Cl)s3)c12. The van der Waals surface area contributed by atoms with E-state index in [-0.39, 0.29) is 12.1 Å². The number of pyridine rings is 2. The van der Waals surface area contributed by atoms with E-state index < -0.39 is 11.4 Å². The molecule has 0 bridgehead atoms. The second-order valence-corrected chi connectivity index (χ2v) is 10.1. The Labute approximate surface area is 213 Å². The summed E-state index contributed by atoms with van der Waals surface area (Å²) < 4.78 is 3.46. The zero-order valence-electron chi connectivity index (χ0n) is 17.6. The summed E-state index contributed by atoms with van der Waals surface area (Å²) >= 11 is 19.6. The van der Waals surface area contributed by atoms with Crippen molar-refractivity contribution in [1.29, 1.82) is 0 Å². The first-order valence-corrected chi connectivity index (χ1v) is 12.1. The lowest BCUT2D eigenvalue weighted by atomic mass is 10.0. The van der Waals surface area contributed by atoms with Gasteiger partial charge in [-0.3, -0.25) is 4.98 Å². The van der Waals surface area contributed by atoms with E-state index in [2.05, 4.69) is 9.97 Å². The van der Waals surface area contributed by atoms with Gasteiger partial charge in [0.1, 0.15) is 12.1 Å². The largest absolute Gasteiger partial charge is 0.842 e. The number of rotatable bonds is 4. The average molecular weight is 530 g/mol. The number of hydrogen-bond acceptors (Lipinski definition) is 5. The molecular formula is C24H15Cl3N4O2S. The quantitative estimate of drug-likeness (QED) is 0.301. The molecule has 0 unspecified atom stereocenters. The molecule has 0 saturated heterocycles. The third-order valence-corrected chi connectivity index (χ3v) is 6.98. The van der Waals surface area contributed by atoms with Gasteiger partial charge in [0.15, 0.2) is 4.47 Å². The number of halogens is 3. The Hall–Kier alpha value is -2.97. The van der Waals surface area contributed by atoms with Gasteiger partial charge in [-0.25, -0.2) is 14.3 Å². The first-order chi connectivity index (χ1) is 16.3. The van der Waals surface area contributed by atoms with E-state index in [1.54, 1.807) is 47.3 Å². The van der Waals surface area contributed by atoms with E-state index in [1.807, 2.05) is 19.1 Å². The second-order valence-electron chi connectivity index (χ2n) is 7.60. The summed E-state index contributed by atoms with van der Waals surface area (Å²) in [6.07, 6.45) is 4.79. The minimum absolute atomic E-state index is 0.0469. The van der Waals surface area contributed by atoms with Crippen LogP contribution in [0.15, 0.2) is 65.8 Å². The van der Waals surface area contributed by atoms with Crippen LogP contribution < -0.4 is 15.2 Å². The molecule has 0 N–H and O–H groups in total. The highest BCUT2D eigenvalue weighted by Gasteiger charge is 2.23. The summed E-state index contributed by atoms with van der Waals surface area (Å²) in [7, 11) is 0. The molecule has 0 spiro atoms. The van der Waals surface area contributed by atoms with Gasteiger partial charge in [0.05, 0.1) is 32.7 Å². The van der Waals surface area contributed by atoms with Gasteiger partial charge in [-0.2, -0.15) is 4.40 Å². The minimum atomic E-state index is -0.408. The van der Waals surface area contributed by atoms with Crippen molar-refractivity contribution in [1.82, 2.24) is 14.4 Å². The van der Waals surface area contributed by atoms with E-state index in [0.717, 1.165) is 10.4 Å². The molecule has 4 heterocycles. The number of nitrogens with zero attached hydrogens (tertiary/aromatic N) is 4. The van der Waals surface area contributed by atoms with Gasteiger partial charge >= 0.3 is 5.56 Å². The molecule has 0 aliphatic rings. The van der Waals surface area contributed by atoms with E-state index in [0.29, 0.717) is 37.0 Å². The third kappa shape index (κ3) is 4.05. The Balaban J connectivity index is 1.76. The van der Waals surface area contributed by atoms with Gasteiger partial charge in [-0.15, -0.1) is 11.3 Å². The lowest BCUT2D eigenvalue weighted by Gasteiger charge is -2.18. The number of thiazole rings is 1. The van der Waals surface area contributed by atoms with Crippen LogP contribution in [0.25, 0.3) is 28.0 Å². The molecule has 0 saturated carbocycles. The van der Waals surface area contributed by atoms with Crippen molar-refractivity contribution in [2.24, 2.45) is 0 Å². The van der Waals surface area contributed by atoms with Crippen LogP contribution in [0.3, 0.4) is 0 Å². The molecule has 0 aliphatic carbocycles. The van der Waals surface area contributed by atoms with Crippen molar-refractivity contribution >= 4 is 51.8 Å². The van der Waals surface area contributed by atoms with Crippen molar-refractivity contribution in [2.75, 3.05) is 0 Å². The van der Waals surface area contributed by atoms with Crippen LogP contribution in [-0.2, 0) is 6.54 Å². The predicted molar refractivity (Wildman–Crippen MR) is 133 cm³/mol. The molecule has 0 fully saturated rings. The number of fused-ring (bicyclic) bond motifs is 1. The molecule has 34 heavy (non-hydrogen) atoms. The molecule has 0 amide bonds. The van der Waals surface area contributed by atoms with Crippen LogP contribution in [0.2, 0.25) is 14.5 Å². The number of benzene rings is 1. The van der Waals surface area contributed by atoms with E-state index in [1.165, 1.54) is 21.9 Å². The van der Waals surface area contributed by atoms with Crippen LogP contribution in [0.4, 0.5) is 0 Å². The van der Waals surface area contributed by atoms with Gasteiger partial charge in [-0.1, -0.05) is 53.0 Å². The molecule has 5 aromatic rings. The van der Waals surface area contributed by atoms with Gasteiger partial charge in [0.25, 0.3) is 5.65 Å². The maximum absolute atomic E-state index is 13.8. The van der Waals surface area contributed by atoms with Crippen molar-refractivity contribution in [2.45, 2.75) is 13.5 Å². The monoisotopic (exact) mass is 528 g/mol. The first-order valence-electron chi connectivity index (χ1n) is 10.1. The maximum atomic E-state index is 13.8. The van der Waals surface area contributed by atoms with Crippen molar-refractivity contribution in [3.63, 3.8) is 0 Å². The maximum Gasteiger partial charge on any atom is 0.349 e. The molecule has 5 rings (SSSR count). The van der Waals surface area contributed by atoms with Crippen LogP contribution in [0, 0.1) is 6.92 Å². The number of aryl methyl sites for hydroxylation is 1. The number of hydrogen-bond donors (Lipinski definition) is 0. The fraction of sp³-hybridized carbons (Fsp3) is 0.0833. The Bertz CT molecular complexity index is 1630. The normalized spacial score (nSPS) is 11.3. The lowest BCUT2D eigenvalue weighted by molar-refractivity contribution is -0.707. The van der Waals surface area contributed by atoms with Gasteiger partial charge in [-0.05, 0) is 36.8 Å². The molecule has 0 aliphatic heterocycles. The molecule has 0 atom stereocenters. The predicted octanol–water partition coefficient (Wildman–Crippen LogP) is 5.16. The van der Waals surface area contributed by atoms with E-state index in [9.17, 15) is 9.90 Å². The summed E-state index contributed by atoms with van der Waals surface area (Å²) in [6.45, 7) is 2.09. The topological polar surface area (TPSA) is 74.2 Å². The molecule has 6 nitrogen and oxygen atoms in total. The highest BCUT2D eigenvalue weighted by atomic mass is 35.5. The average Bonchev–Trinajstić information content (AvgIpc) is 3.22. The summed E-state index contributed by atoms with van der Waals surface area (Å²) in [6, 6.07) is 12.3. The Morgan fingerprint density at radius 1 is 1.06 bits per heavy atom. The molecule has 0 radical (unpaired) electrons. The van der Waals surface area contributed by atoms with E-state index >= 15 is 0 Å². The highest BCUT2D eigenvalue weighted by molar-refractivity contribution is 7.15. The summed E-state index contributed by atoms with van der Waals surface area (Å²) in [5, 5.41) is 14.6. The van der Waals surface area contributed by atoms with Crippen LogP contribution >= 0.6 is 46.1 Å². The molecule has 10 heteroatoms. The van der Waals surface area contributed by atoms with Crippen molar-refractivity contribution < 1.29 is 9.67 Å². The minimum Gasteiger partial charge on any atom is -0.842 e. The van der Waals surface area contributed by atoms with Crippen molar-refractivity contribution in [3.05, 3.63) is 96.4 Å². The fourth-order valence-electron chi connectivity index (χ4n) is 3.91. The Morgan fingerprint density at radius 2 is 1.85 bits per heavy atom. The third-order valence-electron chi connectivity index (χ3n) is 5.38. The van der Waals surface area contributed by atoms with Gasteiger partial charge in [0, 0.05) is 23.5 Å². The first kappa shape index (κ1) is 22.8. The summed E-state index contributed by atoms with van der Waals surface area (Å²) in [5.41, 5.74) is 2.58. The highest BCUT2D eigenvalue weighted by Crippen LogP contribution is 2.32. The summed E-state index contributed by atoms with van der Waals surface area (Å²) in [5.74, 6) is -0.406. The second kappa shape index (κ2) is 9.00. The molecule has 170 valence electrons.